The lowest BCUT2D eigenvalue weighted by Crippen LogP contribution is -2.44. The summed E-state index contributed by atoms with van der Waals surface area (Å²) in [4.78, 5) is 0. The highest BCUT2D eigenvalue weighted by Crippen LogP contribution is 2.28. The molecule has 0 spiro atoms. The fourth-order valence-electron chi connectivity index (χ4n) is 2.51. The number of sulfone groups is 1. The minimum absolute atomic E-state index is 0.0322. The van der Waals surface area contributed by atoms with Gasteiger partial charge in [0, 0.05) is 11.6 Å². The third kappa shape index (κ3) is 3.55. The highest BCUT2D eigenvalue weighted by molar-refractivity contribution is 9.10. The van der Waals surface area contributed by atoms with Gasteiger partial charge in [-0.25, -0.2) is 12.8 Å². The standard InChI is InChI=1S/C13H17BrFNO2S/c1-9(10-3-4-12(15)11(14)7-10)16-13(2)5-6-19(17,18)8-13/h3-4,7,9,16H,5-6,8H2,1-2H3. The van der Waals surface area contributed by atoms with Crippen LogP contribution in [-0.2, 0) is 9.84 Å². The SMILES string of the molecule is CC(NC1(C)CCS(=O)(=O)C1)c1ccc(F)c(Br)c1. The zero-order valence-electron chi connectivity index (χ0n) is 10.9. The van der Waals surface area contributed by atoms with Crippen LogP contribution in [0.2, 0.25) is 0 Å². The highest BCUT2D eigenvalue weighted by Gasteiger charge is 2.39. The predicted molar refractivity (Wildman–Crippen MR) is 77.3 cm³/mol. The molecule has 1 aromatic rings. The molecule has 1 aromatic carbocycles. The van der Waals surface area contributed by atoms with Crippen LogP contribution in [0.25, 0.3) is 0 Å². The fourth-order valence-corrected chi connectivity index (χ4v) is 5.01. The summed E-state index contributed by atoms with van der Waals surface area (Å²) >= 11 is 3.16. The first kappa shape index (κ1) is 14.9. The zero-order valence-corrected chi connectivity index (χ0v) is 13.3. The van der Waals surface area contributed by atoms with Crippen LogP contribution in [0.3, 0.4) is 0 Å². The van der Waals surface area contributed by atoms with Gasteiger partial charge in [0.05, 0.1) is 16.0 Å². The molecule has 2 unspecified atom stereocenters. The molecule has 0 saturated carbocycles. The maximum absolute atomic E-state index is 13.2. The lowest BCUT2D eigenvalue weighted by molar-refractivity contribution is 0.355. The maximum atomic E-state index is 13.2. The fraction of sp³-hybridized carbons (Fsp3) is 0.538. The second-order valence-electron chi connectivity index (χ2n) is 5.44. The van der Waals surface area contributed by atoms with Gasteiger partial charge in [0.25, 0.3) is 0 Å². The van der Waals surface area contributed by atoms with E-state index in [0.29, 0.717) is 10.9 Å². The minimum Gasteiger partial charge on any atom is -0.304 e. The molecule has 0 aliphatic carbocycles. The molecule has 1 aliphatic heterocycles. The molecule has 2 atom stereocenters. The van der Waals surface area contributed by atoms with Crippen molar-refractivity contribution >= 4 is 25.8 Å². The molecule has 1 heterocycles. The zero-order chi connectivity index (χ0) is 14.3. The van der Waals surface area contributed by atoms with Gasteiger partial charge in [-0.05, 0) is 53.9 Å². The van der Waals surface area contributed by atoms with E-state index in [2.05, 4.69) is 21.2 Å². The Bertz CT molecular complexity index is 590. The monoisotopic (exact) mass is 349 g/mol. The van der Waals surface area contributed by atoms with E-state index in [4.69, 9.17) is 0 Å². The summed E-state index contributed by atoms with van der Waals surface area (Å²) < 4.78 is 36.7. The maximum Gasteiger partial charge on any atom is 0.152 e. The number of hydrogen-bond acceptors (Lipinski definition) is 3. The third-order valence-electron chi connectivity index (χ3n) is 3.51. The molecule has 0 radical (unpaired) electrons. The molecule has 3 nitrogen and oxygen atoms in total. The number of halogens is 2. The Labute approximate surface area is 121 Å². The van der Waals surface area contributed by atoms with Crippen LogP contribution < -0.4 is 5.32 Å². The molecule has 2 rings (SSSR count). The molecular formula is C13H17BrFNO2S. The van der Waals surface area contributed by atoms with Crippen molar-refractivity contribution in [1.82, 2.24) is 5.32 Å². The molecule has 1 fully saturated rings. The highest BCUT2D eigenvalue weighted by atomic mass is 79.9. The summed E-state index contributed by atoms with van der Waals surface area (Å²) in [7, 11) is -2.93. The van der Waals surface area contributed by atoms with E-state index in [0.717, 1.165) is 5.56 Å². The summed E-state index contributed by atoms with van der Waals surface area (Å²) in [6.07, 6.45) is 0.613. The molecular weight excluding hydrogens is 333 g/mol. The number of benzene rings is 1. The van der Waals surface area contributed by atoms with Crippen LogP contribution >= 0.6 is 15.9 Å². The second-order valence-corrected chi connectivity index (χ2v) is 8.48. The summed E-state index contributed by atoms with van der Waals surface area (Å²) in [6.45, 7) is 3.88. The van der Waals surface area contributed by atoms with Crippen LogP contribution in [0.4, 0.5) is 4.39 Å². The first-order valence-corrected chi connectivity index (χ1v) is 8.75. The molecule has 19 heavy (non-hydrogen) atoms. The van der Waals surface area contributed by atoms with Crippen molar-refractivity contribution in [2.45, 2.75) is 31.8 Å². The largest absolute Gasteiger partial charge is 0.304 e. The Morgan fingerprint density at radius 3 is 2.68 bits per heavy atom. The van der Waals surface area contributed by atoms with Crippen molar-refractivity contribution in [3.8, 4) is 0 Å². The molecule has 0 amide bonds. The van der Waals surface area contributed by atoms with Crippen LogP contribution in [0, 0.1) is 5.82 Å². The quantitative estimate of drug-likeness (QED) is 0.912. The molecule has 0 bridgehead atoms. The van der Waals surface area contributed by atoms with Gasteiger partial charge in [-0.2, -0.15) is 0 Å². The Kier molecular flexibility index (Phi) is 4.05. The first-order chi connectivity index (χ1) is 8.71. The van der Waals surface area contributed by atoms with Gasteiger partial charge in [-0.1, -0.05) is 6.07 Å². The van der Waals surface area contributed by atoms with Gasteiger partial charge in [0.2, 0.25) is 0 Å². The van der Waals surface area contributed by atoms with Crippen molar-refractivity contribution in [2.75, 3.05) is 11.5 Å². The van der Waals surface area contributed by atoms with Crippen molar-refractivity contribution in [3.63, 3.8) is 0 Å². The van der Waals surface area contributed by atoms with E-state index >= 15 is 0 Å². The lowest BCUT2D eigenvalue weighted by atomic mass is 9.98. The normalized spacial score (nSPS) is 27.4. The molecule has 1 N–H and O–H groups in total. The summed E-state index contributed by atoms with van der Waals surface area (Å²) in [5.74, 6) is 0.0915. The minimum atomic E-state index is -2.93. The van der Waals surface area contributed by atoms with E-state index in [1.807, 2.05) is 13.8 Å². The Morgan fingerprint density at radius 1 is 1.47 bits per heavy atom. The Hall–Kier alpha value is -0.460. The number of nitrogens with one attached hydrogen (secondary N) is 1. The average molecular weight is 350 g/mol. The smallest absolute Gasteiger partial charge is 0.152 e. The van der Waals surface area contributed by atoms with Crippen molar-refractivity contribution < 1.29 is 12.8 Å². The van der Waals surface area contributed by atoms with Gasteiger partial charge in [0.1, 0.15) is 5.82 Å². The van der Waals surface area contributed by atoms with E-state index < -0.39 is 15.4 Å². The van der Waals surface area contributed by atoms with Crippen LogP contribution in [0.5, 0.6) is 0 Å². The first-order valence-electron chi connectivity index (χ1n) is 6.14. The van der Waals surface area contributed by atoms with E-state index in [-0.39, 0.29) is 23.4 Å². The molecule has 6 heteroatoms. The van der Waals surface area contributed by atoms with Crippen LogP contribution in [-0.4, -0.2) is 25.5 Å². The van der Waals surface area contributed by atoms with E-state index in [1.165, 1.54) is 6.07 Å². The number of rotatable bonds is 3. The Morgan fingerprint density at radius 2 is 2.16 bits per heavy atom. The van der Waals surface area contributed by atoms with Gasteiger partial charge in [0.15, 0.2) is 9.84 Å². The van der Waals surface area contributed by atoms with Crippen molar-refractivity contribution in [3.05, 3.63) is 34.1 Å². The van der Waals surface area contributed by atoms with Gasteiger partial charge in [-0.3, -0.25) is 0 Å². The topological polar surface area (TPSA) is 46.2 Å². The van der Waals surface area contributed by atoms with Crippen LogP contribution in [0.15, 0.2) is 22.7 Å². The van der Waals surface area contributed by atoms with Crippen LogP contribution in [0.1, 0.15) is 31.9 Å². The second kappa shape index (κ2) is 5.14. The summed E-state index contributed by atoms with van der Waals surface area (Å²) in [6, 6.07) is 4.81. The molecule has 0 aromatic heterocycles. The van der Waals surface area contributed by atoms with E-state index in [1.54, 1.807) is 12.1 Å². The van der Waals surface area contributed by atoms with Crippen molar-refractivity contribution in [2.24, 2.45) is 0 Å². The van der Waals surface area contributed by atoms with Gasteiger partial charge < -0.3 is 5.32 Å². The van der Waals surface area contributed by atoms with E-state index in [9.17, 15) is 12.8 Å². The third-order valence-corrected chi connectivity index (χ3v) is 6.02. The van der Waals surface area contributed by atoms with Gasteiger partial charge in [-0.15, -0.1) is 0 Å². The lowest BCUT2D eigenvalue weighted by Gasteiger charge is -2.29. The Balaban J connectivity index is 2.13. The predicted octanol–water partition coefficient (Wildman–Crippen LogP) is 2.82. The number of hydrogen-bond donors (Lipinski definition) is 1. The van der Waals surface area contributed by atoms with Crippen molar-refractivity contribution in [1.29, 1.82) is 0 Å². The molecule has 1 saturated heterocycles. The summed E-state index contributed by atoms with van der Waals surface area (Å²) in [5, 5.41) is 3.35. The molecule has 1 aliphatic rings. The van der Waals surface area contributed by atoms with Gasteiger partial charge >= 0.3 is 0 Å². The summed E-state index contributed by atoms with van der Waals surface area (Å²) in [5.41, 5.74) is 0.526. The average Bonchev–Trinajstić information content (AvgIpc) is 2.56. The molecule has 106 valence electrons.